The Morgan fingerprint density at radius 3 is 2.76 bits per heavy atom. The summed E-state index contributed by atoms with van der Waals surface area (Å²) in [5.74, 6) is 0. The van der Waals surface area contributed by atoms with Crippen molar-refractivity contribution in [1.82, 2.24) is 14.6 Å². The first-order valence-electron chi connectivity index (χ1n) is 6.21. The molecule has 21 heavy (non-hydrogen) atoms. The first-order chi connectivity index (χ1) is 9.95. The molecule has 0 atom stereocenters. The van der Waals surface area contributed by atoms with E-state index in [4.69, 9.17) is 11.6 Å². The van der Waals surface area contributed by atoms with Gasteiger partial charge in [-0.25, -0.2) is 13.4 Å². The van der Waals surface area contributed by atoms with Crippen LogP contribution < -0.4 is 5.32 Å². The molecule has 0 spiro atoms. The number of thiazole rings is 1. The van der Waals surface area contributed by atoms with E-state index in [9.17, 15) is 8.42 Å². The molecule has 0 radical (unpaired) electrons. The molecule has 1 aromatic heterocycles. The average Bonchev–Trinajstić information content (AvgIpc) is 2.94. The minimum absolute atomic E-state index is 0.185. The van der Waals surface area contributed by atoms with Crippen LogP contribution in [0.5, 0.6) is 0 Å². The van der Waals surface area contributed by atoms with Gasteiger partial charge in [0.1, 0.15) is 0 Å². The summed E-state index contributed by atoms with van der Waals surface area (Å²) < 4.78 is 26.3. The van der Waals surface area contributed by atoms with E-state index in [0.717, 1.165) is 11.3 Å². The minimum atomic E-state index is -3.58. The van der Waals surface area contributed by atoms with Gasteiger partial charge in [0, 0.05) is 24.0 Å². The molecule has 0 saturated heterocycles. The normalized spacial score (nSPS) is 12.0. The molecule has 2 rings (SSSR count). The third kappa shape index (κ3) is 3.81. The van der Waals surface area contributed by atoms with Crippen LogP contribution in [0.3, 0.4) is 0 Å². The molecule has 0 aliphatic heterocycles. The summed E-state index contributed by atoms with van der Waals surface area (Å²) in [5, 5.41) is 5.25. The highest BCUT2D eigenvalue weighted by atomic mass is 35.5. The van der Waals surface area contributed by atoms with Crippen LogP contribution >= 0.6 is 22.9 Å². The Balaban J connectivity index is 2.24. The quantitative estimate of drug-likeness (QED) is 0.872. The highest BCUT2D eigenvalue weighted by Crippen LogP contribution is 2.23. The van der Waals surface area contributed by atoms with E-state index in [0.29, 0.717) is 11.6 Å². The number of halogens is 1. The van der Waals surface area contributed by atoms with Gasteiger partial charge in [0.05, 0.1) is 22.6 Å². The Morgan fingerprint density at radius 1 is 1.43 bits per heavy atom. The smallest absolute Gasteiger partial charge is 0.243 e. The zero-order valence-electron chi connectivity index (χ0n) is 11.7. The number of benzene rings is 1. The van der Waals surface area contributed by atoms with Gasteiger partial charge in [-0.3, -0.25) is 0 Å². The second-order valence-corrected chi connectivity index (χ2v) is 7.70. The Morgan fingerprint density at radius 2 is 2.19 bits per heavy atom. The zero-order chi connectivity index (χ0) is 15.5. The fourth-order valence-electron chi connectivity index (χ4n) is 1.83. The van der Waals surface area contributed by atoms with Crippen LogP contribution in [-0.4, -0.2) is 31.8 Å². The SMILES string of the molecule is CNCc1ccc(S(=O)(=O)N(C)Cc2cscn2)cc1Cl. The maximum absolute atomic E-state index is 12.5. The van der Waals surface area contributed by atoms with Crippen LogP contribution in [0.1, 0.15) is 11.3 Å². The van der Waals surface area contributed by atoms with E-state index in [1.807, 2.05) is 12.4 Å². The standard InChI is InChI=1S/C13H16ClN3O2S2/c1-15-6-10-3-4-12(5-13(10)14)21(18,19)17(2)7-11-8-20-9-16-11/h3-5,8-9,15H,6-7H2,1-2H3. The van der Waals surface area contributed by atoms with Crippen LogP contribution in [0.2, 0.25) is 5.02 Å². The molecule has 2 aromatic rings. The lowest BCUT2D eigenvalue weighted by molar-refractivity contribution is 0.463. The van der Waals surface area contributed by atoms with Crippen molar-refractivity contribution >= 4 is 33.0 Å². The molecule has 114 valence electrons. The Hall–Kier alpha value is -0.990. The highest BCUT2D eigenvalue weighted by molar-refractivity contribution is 7.89. The van der Waals surface area contributed by atoms with Gasteiger partial charge in [-0.2, -0.15) is 4.31 Å². The van der Waals surface area contributed by atoms with Gasteiger partial charge in [0.25, 0.3) is 0 Å². The second-order valence-electron chi connectivity index (χ2n) is 4.52. The number of hydrogen-bond donors (Lipinski definition) is 1. The van der Waals surface area contributed by atoms with Crippen LogP contribution in [0.4, 0.5) is 0 Å². The first-order valence-corrected chi connectivity index (χ1v) is 8.97. The van der Waals surface area contributed by atoms with Crippen molar-refractivity contribution in [2.24, 2.45) is 0 Å². The van der Waals surface area contributed by atoms with Crippen LogP contribution in [0, 0.1) is 0 Å². The molecule has 0 aliphatic carbocycles. The van der Waals surface area contributed by atoms with E-state index in [1.165, 1.54) is 28.8 Å². The molecule has 0 saturated carbocycles. The third-order valence-corrected chi connectivity index (χ3v) is 5.75. The van der Waals surface area contributed by atoms with Crippen molar-refractivity contribution in [1.29, 1.82) is 0 Å². The lowest BCUT2D eigenvalue weighted by atomic mass is 10.2. The molecule has 0 amide bonds. The number of nitrogens with zero attached hydrogens (tertiary/aromatic N) is 2. The van der Waals surface area contributed by atoms with Gasteiger partial charge < -0.3 is 5.32 Å². The molecule has 0 fully saturated rings. The van der Waals surface area contributed by atoms with Crippen LogP contribution in [0.15, 0.2) is 34.0 Å². The van der Waals surface area contributed by atoms with Gasteiger partial charge >= 0.3 is 0 Å². The molecule has 0 aliphatic rings. The summed E-state index contributed by atoms with van der Waals surface area (Å²) >= 11 is 7.57. The van der Waals surface area contributed by atoms with Crippen molar-refractivity contribution in [3.63, 3.8) is 0 Å². The molecular weight excluding hydrogens is 330 g/mol. The zero-order valence-corrected chi connectivity index (χ0v) is 14.1. The maximum atomic E-state index is 12.5. The highest BCUT2D eigenvalue weighted by Gasteiger charge is 2.22. The summed E-state index contributed by atoms with van der Waals surface area (Å²) in [6, 6.07) is 4.79. The lowest BCUT2D eigenvalue weighted by Gasteiger charge is -2.17. The largest absolute Gasteiger partial charge is 0.316 e. The van der Waals surface area contributed by atoms with Gasteiger partial charge in [0.15, 0.2) is 0 Å². The number of sulfonamides is 1. The van der Waals surface area contributed by atoms with Crippen molar-refractivity contribution in [2.75, 3.05) is 14.1 Å². The molecule has 8 heteroatoms. The number of aromatic nitrogens is 1. The number of nitrogens with one attached hydrogen (secondary N) is 1. The molecular formula is C13H16ClN3O2S2. The lowest BCUT2D eigenvalue weighted by Crippen LogP contribution is -2.26. The monoisotopic (exact) mass is 345 g/mol. The predicted molar refractivity (Wildman–Crippen MR) is 85.0 cm³/mol. The van der Waals surface area contributed by atoms with Crippen molar-refractivity contribution in [3.05, 3.63) is 45.4 Å². The van der Waals surface area contributed by atoms with E-state index in [2.05, 4.69) is 10.3 Å². The maximum Gasteiger partial charge on any atom is 0.243 e. The summed E-state index contributed by atoms with van der Waals surface area (Å²) in [7, 11) is -0.236. The van der Waals surface area contributed by atoms with E-state index in [-0.39, 0.29) is 11.4 Å². The summed E-state index contributed by atoms with van der Waals surface area (Å²) in [6.07, 6.45) is 0. The summed E-state index contributed by atoms with van der Waals surface area (Å²) in [6.45, 7) is 0.829. The molecule has 0 unspecified atom stereocenters. The first kappa shape index (κ1) is 16.4. The molecule has 5 nitrogen and oxygen atoms in total. The van der Waals surface area contributed by atoms with Crippen molar-refractivity contribution in [3.8, 4) is 0 Å². The third-order valence-electron chi connectivity index (χ3n) is 2.97. The van der Waals surface area contributed by atoms with Crippen molar-refractivity contribution < 1.29 is 8.42 Å². The average molecular weight is 346 g/mol. The van der Waals surface area contributed by atoms with Gasteiger partial charge in [-0.05, 0) is 24.7 Å². The van der Waals surface area contributed by atoms with Gasteiger partial charge in [-0.15, -0.1) is 11.3 Å². The number of rotatable bonds is 6. The fourth-order valence-corrected chi connectivity index (χ4v) is 3.86. The second kappa shape index (κ2) is 6.85. The van der Waals surface area contributed by atoms with Gasteiger partial charge in [-0.1, -0.05) is 17.7 Å². The summed E-state index contributed by atoms with van der Waals surface area (Å²) in [5.41, 5.74) is 3.27. The Bertz CT molecular complexity index is 702. The predicted octanol–water partition coefficient (Wildman–Crippen LogP) is 2.34. The molecule has 1 aromatic carbocycles. The topological polar surface area (TPSA) is 62.3 Å². The molecule has 1 N–H and O–H groups in total. The molecule has 0 bridgehead atoms. The Kier molecular flexibility index (Phi) is 5.34. The van der Waals surface area contributed by atoms with E-state index in [1.54, 1.807) is 17.6 Å². The van der Waals surface area contributed by atoms with E-state index >= 15 is 0 Å². The summed E-state index contributed by atoms with van der Waals surface area (Å²) in [4.78, 5) is 4.28. The van der Waals surface area contributed by atoms with Crippen LogP contribution in [-0.2, 0) is 23.1 Å². The molecule has 1 heterocycles. The Labute approximate surface area is 133 Å². The van der Waals surface area contributed by atoms with Crippen molar-refractivity contribution in [2.45, 2.75) is 18.0 Å². The van der Waals surface area contributed by atoms with Crippen LogP contribution in [0.25, 0.3) is 0 Å². The number of hydrogen-bond acceptors (Lipinski definition) is 5. The van der Waals surface area contributed by atoms with Gasteiger partial charge in [0.2, 0.25) is 10.0 Å². The van der Waals surface area contributed by atoms with E-state index < -0.39 is 10.0 Å². The fraction of sp³-hybridized carbons (Fsp3) is 0.308. The minimum Gasteiger partial charge on any atom is -0.316 e.